The van der Waals surface area contributed by atoms with Gasteiger partial charge in [0.15, 0.2) is 0 Å². The van der Waals surface area contributed by atoms with E-state index in [1.54, 1.807) is 0 Å². The summed E-state index contributed by atoms with van der Waals surface area (Å²) in [4.78, 5) is 28.9. The van der Waals surface area contributed by atoms with Crippen LogP contribution in [-0.4, -0.2) is 78.4 Å². The van der Waals surface area contributed by atoms with E-state index in [0.29, 0.717) is 24.9 Å². The number of hydrogen-bond donors (Lipinski definition) is 5. The number of carbonyl (C=O) groups is 2. The van der Waals surface area contributed by atoms with E-state index in [-0.39, 0.29) is 36.4 Å². The summed E-state index contributed by atoms with van der Waals surface area (Å²) in [5.41, 5.74) is 11.9. The molecule has 0 bridgehead atoms. The van der Waals surface area contributed by atoms with Crippen molar-refractivity contribution in [2.24, 2.45) is 17.4 Å². The molecule has 1 aliphatic carbocycles. The van der Waals surface area contributed by atoms with Gasteiger partial charge in [-0.05, 0) is 51.4 Å². The van der Waals surface area contributed by atoms with Crippen molar-refractivity contribution < 1.29 is 9.59 Å². The summed E-state index contributed by atoms with van der Waals surface area (Å²) in [7, 11) is 0. The van der Waals surface area contributed by atoms with E-state index in [2.05, 4.69) is 25.8 Å². The minimum absolute atomic E-state index is 0.00694. The molecule has 4 aliphatic rings. The summed E-state index contributed by atoms with van der Waals surface area (Å²) in [6.45, 7) is 3.29. The number of piperidine rings is 2. The molecule has 3 heterocycles. The highest BCUT2D eigenvalue weighted by molar-refractivity contribution is 5.78. The van der Waals surface area contributed by atoms with Crippen LogP contribution in [-0.2, 0) is 9.59 Å². The lowest BCUT2D eigenvalue weighted by Crippen LogP contribution is -2.72. The van der Waals surface area contributed by atoms with Gasteiger partial charge in [-0.2, -0.15) is 0 Å². The van der Waals surface area contributed by atoms with Crippen LogP contribution in [0.15, 0.2) is 0 Å². The molecule has 0 spiro atoms. The van der Waals surface area contributed by atoms with Crippen molar-refractivity contribution in [3.8, 4) is 0 Å². The number of carbonyl (C=O) groups excluding carboxylic acids is 2. The quantitative estimate of drug-likeness (QED) is 0.394. The van der Waals surface area contributed by atoms with Crippen LogP contribution in [0.4, 0.5) is 0 Å². The van der Waals surface area contributed by atoms with Gasteiger partial charge >= 0.3 is 0 Å². The first kappa shape index (κ1) is 22.0. The molecule has 7 N–H and O–H groups in total. The average Bonchev–Trinajstić information content (AvgIpc) is 2.74. The fraction of sp³-hybridized carbons (Fsp3) is 0.905. The number of amides is 2. The van der Waals surface area contributed by atoms with Gasteiger partial charge < -0.3 is 16.4 Å². The largest absolute Gasteiger partial charge is 0.369 e. The van der Waals surface area contributed by atoms with E-state index in [1.165, 1.54) is 0 Å². The lowest BCUT2D eigenvalue weighted by molar-refractivity contribution is -0.136. The topological polar surface area (TPSA) is 129 Å². The molecule has 0 aromatic heterocycles. The Morgan fingerprint density at radius 1 is 1.10 bits per heavy atom. The van der Waals surface area contributed by atoms with Crippen LogP contribution in [0.5, 0.6) is 0 Å². The Balaban J connectivity index is 1.38. The molecule has 0 aromatic carbocycles. The second-order valence-corrected chi connectivity index (χ2v) is 9.59. The zero-order valence-corrected chi connectivity index (χ0v) is 18.0. The van der Waals surface area contributed by atoms with E-state index in [9.17, 15) is 9.59 Å². The van der Waals surface area contributed by atoms with Crippen LogP contribution in [0.3, 0.4) is 0 Å². The summed E-state index contributed by atoms with van der Waals surface area (Å²) in [5.74, 6) is -0.292. The Bertz CT molecular complexity index is 618. The van der Waals surface area contributed by atoms with Crippen molar-refractivity contribution in [3.63, 3.8) is 0 Å². The zero-order valence-electron chi connectivity index (χ0n) is 18.0. The third kappa shape index (κ3) is 5.13. The van der Waals surface area contributed by atoms with Crippen molar-refractivity contribution in [1.82, 2.24) is 25.8 Å². The van der Waals surface area contributed by atoms with Gasteiger partial charge in [-0.15, -0.1) is 0 Å². The molecule has 1 saturated carbocycles. The van der Waals surface area contributed by atoms with Crippen LogP contribution in [0.2, 0.25) is 0 Å². The molecule has 4 rings (SSSR count). The van der Waals surface area contributed by atoms with Crippen LogP contribution in [0.25, 0.3) is 0 Å². The first-order valence-electron chi connectivity index (χ1n) is 11.8. The molecule has 3 aliphatic heterocycles. The van der Waals surface area contributed by atoms with Crippen molar-refractivity contribution in [2.45, 2.75) is 88.4 Å². The number of nitrogens with two attached hydrogens (primary N) is 2. The lowest BCUT2D eigenvalue weighted by atomic mass is 9.88. The molecule has 6 atom stereocenters. The number of primary amides is 1. The van der Waals surface area contributed by atoms with Gasteiger partial charge in [0, 0.05) is 50.7 Å². The number of nitrogens with one attached hydrogen (secondary N) is 3. The maximum Gasteiger partial charge on any atom is 0.224 e. The minimum atomic E-state index is -0.309. The molecule has 4 fully saturated rings. The first-order valence-corrected chi connectivity index (χ1v) is 11.8. The monoisotopic (exact) mass is 421 g/mol. The molecule has 0 aromatic rings. The predicted molar refractivity (Wildman–Crippen MR) is 115 cm³/mol. The third-order valence-corrected chi connectivity index (χ3v) is 7.35. The molecule has 170 valence electrons. The maximum atomic E-state index is 12.4. The van der Waals surface area contributed by atoms with Gasteiger partial charge in [-0.1, -0.05) is 0 Å². The Kier molecular flexibility index (Phi) is 7.25. The highest BCUT2D eigenvalue weighted by Crippen LogP contribution is 2.27. The predicted octanol–water partition coefficient (Wildman–Crippen LogP) is -0.773. The first-order chi connectivity index (χ1) is 14.5. The van der Waals surface area contributed by atoms with Crippen LogP contribution in [0, 0.1) is 5.92 Å². The standard InChI is InChI=1S/C21H39N7O2/c22-14-5-4-9-27(13-14)21-24-12-17(19(23)30)20(26-21)25-15-6-3-7-16(11-15)28-10-2-1-8-18(28)29/h14-17,20-21,24-26H,1-13,22H2,(H2,23,30)/t14-,15?,16?,17?,20?,21?/m0/s1. The lowest BCUT2D eigenvalue weighted by Gasteiger charge is -2.46. The third-order valence-electron chi connectivity index (χ3n) is 7.35. The number of hydrogen-bond acceptors (Lipinski definition) is 7. The second-order valence-electron chi connectivity index (χ2n) is 9.59. The average molecular weight is 422 g/mol. The molecule has 5 unspecified atom stereocenters. The fourth-order valence-corrected chi connectivity index (χ4v) is 5.71. The summed E-state index contributed by atoms with van der Waals surface area (Å²) in [6.07, 6.45) is 8.98. The molecule has 2 amide bonds. The number of likely N-dealkylation sites (tertiary alicyclic amines) is 2. The van der Waals surface area contributed by atoms with E-state index in [4.69, 9.17) is 11.5 Å². The van der Waals surface area contributed by atoms with Gasteiger partial charge in [0.25, 0.3) is 0 Å². The van der Waals surface area contributed by atoms with Crippen LogP contribution in [0.1, 0.15) is 57.8 Å². The molecule has 3 saturated heterocycles. The highest BCUT2D eigenvalue weighted by Gasteiger charge is 2.39. The smallest absolute Gasteiger partial charge is 0.224 e. The second kappa shape index (κ2) is 9.91. The molecular formula is C21H39N7O2. The molecule has 9 nitrogen and oxygen atoms in total. The Hall–Kier alpha value is -1.26. The number of rotatable bonds is 5. The summed E-state index contributed by atoms with van der Waals surface area (Å²) in [5, 5.41) is 10.7. The zero-order chi connectivity index (χ0) is 21.1. The van der Waals surface area contributed by atoms with Gasteiger partial charge in [0.05, 0.1) is 12.1 Å². The summed E-state index contributed by atoms with van der Waals surface area (Å²) >= 11 is 0. The number of nitrogens with zero attached hydrogens (tertiary/aromatic N) is 2. The normalized spacial score (nSPS) is 39.1. The van der Waals surface area contributed by atoms with E-state index >= 15 is 0 Å². The Morgan fingerprint density at radius 3 is 2.73 bits per heavy atom. The maximum absolute atomic E-state index is 12.4. The highest BCUT2D eigenvalue weighted by atomic mass is 16.2. The molecule has 30 heavy (non-hydrogen) atoms. The van der Waals surface area contributed by atoms with Crippen molar-refractivity contribution in [3.05, 3.63) is 0 Å². The van der Waals surface area contributed by atoms with Gasteiger partial charge in [0.2, 0.25) is 11.8 Å². The summed E-state index contributed by atoms with van der Waals surface area (Å²) < 4.78 is 0. The van der Waals surface area contributed by atoms with E-state index in [1.807, 2.05) is 0 Å². The van der Waals surface area contributed by atoms with Crippen molar-refractivity contribution >= 4 is 11.8 Å². The van der Waals surface area contributed by atoms with E-state index in [0.717, 1.165) is 71.0 Å². The van der Waals surface area contributed by atoms with E-state index < -0.39 is 0 Å². The SMILES string of the molecule is NC(=O)C1CNC(N2CCC[C@H](N)C2)NC1NC1CCCC(N2CCCCC2=O)C1. The summed E-state index contributed by atoms with van der Waals surface area (Å²) in [6, 6.07) is 0.790. The van der Waals surface area contributed by atoms with Gasteiger partial charge in [-0.25, -0.2) is 0 Å². The van der Waals surface area contributed by atoms with Crippen LogP contribution < -0.4 is 27.4 Å². The molecule has 9 heteroatoms. The van der Waals surface area contributed by atoms with Crippen LogP contribution >= 0.6 is 0 Å². The van der Waals surface area contributed by atoms with Crippen molar-refractivity contribution in [1.29, 1.82) is 0 Å². The van der Waals surface area contributed by atoms with Gasteiger partial charge in [0.1, 0.15) is 6.29 Å². The van der Waals surface area contributed by atoms with Gasteiger partial charge in [-0.3, -0.25) is 30.4 Å². The Morgan fingerprint density at radius 2 is 1.97 bits per heavy atom. The molecule has 0 radical (unpaired) electrons. The Labute approximate surface area is 179 Å². The minimum Gasteiger partial charge on any atom is -0.369 e. The fourth-order valence-electron chi connectivity index (χ4n) is 5.71. The van der Waals surface area contributed by atoms with Crippen molar-refractivity contribution in [2.75, 3.05) is 26.2 Å². The molecular weight excluding hydrogens is 382 g/mol.